The van der Waals surface area contributed by atoms with E-state index in [1.807, 2.05) is 37.3 Å². The molecule has 0 aromatic heterocycles. The third-order valence-corrected chi connectivity index (χ3v) is 3.84. The maximum atomic E-state index is 12.0. The van der Waals surface area contributed by atoms with Gasteiger partial charge in [0.1, 0.15) is 6.61 Å². The third kappa shape index (κ3) is 3.73. The molecule has 0 bridgehead atoms. The summed E-state index contributed by atoms with van der Waals surface area (Å²) in [6.45, 7) is 2.04. The number of aryl methyl sites for hydroxylation is 1. The van der Waals surface area contributed by atoms with Crippen LogP contribution in [0.5, 0.6) is 0 Å². The highest BCUT2D eigenvalue weighted by Gasteiger charge is 2.30. The first-order chi connectivity index (χ1) is 12.6. The zero-order chi connectivity index (χ0) is 18.5. The first-order valence-corrected chi connectivity index (χ1v) is 7.99. The second-order valence-electron chi connectivity index (χ2n) is 5.68. The van der Waals surface area contributed by atoms with Gasteiger partial charge in [0.25, 0.3) is 11.7 Å². The Bertz CT molecular complexity index is 940. The van der Waals surface area contributed by atoms with Gasteiger partial charge in [0, 0.05) is 5.56 Å². The minimum Gasteiger partial charge on any atom is -0.445 e. The van der Waals surface area contributed by atoms with Crippen LogP contribution < -0.4 is 10.6 Å². The molecule has 0 fully saturated rings. The standard InChI is InChI=1S/C20H16N2O4/c1-13-9-10-16-17(18(23)19(24)22-16)15(13)8-5-11-21-20(25)26-12-14-6-3-2-4-7-14/h2-4,6-7,9-10H,11-12H2,1H3,(H,21,25)(H,22,23,24). The van der Waals surface area contributed by atoms with Crippen LogP contribution in [0.15, 0.2) is 42.5 Å². The van der Waals surface area contributed by atoms with E-state index in [4.69, 9.17) is 4.74 Å². The molecule has 2 amide bonds. The number of fused-ring (bicyclic) bond motifs is 1. The molecule has 0 saturated heterocycles. The topological polar surface area (TPSA) is 84.5 Å². The monoisotopic (exact) mass is 348 g/mol. The van der Waals surface area contributed by atoms with Gasteiger partial charge >= 0.3 is 6.09 Å². The van der Waals surface area contributed by atoms with Gasteiger partial charge in [-0.15, -0.1) is 0 Å². The molecular weight excluding hydrogens is 332 g/mol. The van der Waals surface area contributed by atoms with Gasteiger partial charge in [-0.25, -0.2) is 4.79 Å². The highest BCUT2D eigenvalue weighted by Crippen LogP contribution is 2.28. The predicted octanol–water partition coefficient (Wildman–Crippen LogP) is 2.41. The number of hydrogen-bond acceptors (Lipinski definition) is 4. The zero-order valence-electron chi connectivity index (χ0n) is 14.1. The molecule has 0 spiro atoms. The number of rotatable bonds is 3. The van der Waals surface area contributed by atoms with Crippen LogP contribution in [0.2, 0.25) is 0 Å². The van der Waals surface area contributed by atoms with E-state index in [1.54, 1.807) is 12.1 Å². The summed E-state index contributed by atoms with van der Waals surface area (Å²) in [6.07, 6.45) is -0.578. The maximum Gasteiger partial charge on any atom is 0.408 e. The van der Waals surface area contributed by atoms with Crippen LogP contribution in [0.3, 0.4) is 0 Å². The molecule has 1 aliphatic heterocycles. The van der Waals surface area contributed by atoms with Gasteiger partial charge in [-0.1, -0.05) is 48.2 Å². The van der Waals surface area contributed by atoms with Crippen molar-refractivity contribution in [2.24, 2.45) is 0 Å². The summed E-state index contributed by atoms with van der Waals surface area (Å²) in [5.74, 6) is 4.39. The van der Waals surface area contributed by atoms with Gasteiger partial charge in [-0.2, -0.15) is 0 Å². The Morgan fingerprint density at radius 1 is 1.15 bits per heavy atom. The SMILES string of the molecule is Cc1ccc2c(c1C#CCNC(=O)OCc1ccccc1)C(=O)C(=O)N2. The van der Waals surface area contributed by atoms with E-state index in [9.17, 15) is 14.4 Å². The summed E-state index contributed by atoms with van der Waals surface area (Å²) in [5.41, 5.74) is 2.91. The van der Waals surface area contributed by atoms with Crippen LogP contribution in [0.4, 0.5) is 10.5 Å². The Morgan fingerprint density at radius 3 is 2.69 bits per heavy atom. The van der Waals surface area contributed by atoms with Crippen molar-refractivity contribution in [1.29, 1.82) is 0 Å². The first-order valence-electron chi connectivity index (χ1n) is 7.99. The smallest absolute Gasteiger partial charge is 0.408 e. The molecule has 3 rings (SSSR count). The summed E-state index contributed by atoms with van der Waals surface area (Å²) in [4.78, 5) is 35.1. The summed E-state index contributed by atoms with van der Waals surface area (Å²) >= 11 is 0. The lowest BCUT2D eigenvalue weighted by Gasteiger charge is -2.05. The summed E-state index contributed by atoms with van der Waals surface area (Å²) in [6, 6.07) is 12.8. The molecule has 0 unspecified atom stereocenters. The molecular formula is C20H16N2O4. The number of benzene rings is 2. The van der Waals surface area contributed by atoms with Crippen molar-refractivity contribution in [2.45, 2.75) is 13.5 Å². The molecule has 130 valence electrons. The maximum absolute atomic E-state index is 12.0. The Kier molecular flexibility index (Phi) is 4.99. The number of carbonyl (C=O) groups excluding carboxylic acids is 3. The number of amides is 2. The minimum absolute atomic E-state index is 0.0618. The number of ether oxygens (including phenoxy) is 1. The van der Waals surface area contributed by atoms with Crippen LogP contribution in [0.1, 0.15) is 27.0 Å². The summed E-state index contributed by atoms with van der Waals surface area (Å²) in [7, 11) is 0. The Balaban J connectivity index is 1.59. The molecule has 6 heteroatoms. The van der Waals surface area contributed by atoms with Crippen molar-refractivity contribution in [1.82, 2.24) is 5.32 Å². The van der Waals surface area contributed by atoms with Crippen LogP contribution >= 0.6 is 0 Å². The number of nitrogens with one attached hydrogen (secondary N) is 2. The van der Waals surface area contributed by atoms with E-state index in [2.05, 4.69) is 22.5 Å². The van der Waals surface area contributed by atoms with Crippen molar-refractivity contribution in [2.75, 3.05) is 11.9 Å². The lowest BCUT2D eigenvalue weighted by atomic mass is 9.99. The lowest BCUT2D eigenvalue weighted by molar-refractivity contribution is -0.112. The molecule has 0 atom stereocenters. The molecule has 2 aromatic carbocycles. The van der Waals surface area contributed by atoms with Crippen molar-refractivity contribution >= 4 is 23.5 Å². The van der Waals surface area contributed by atoms with E-state index in [-0.39, 0.29) is 18.7 Å². The quantitative estimate of drug-likeness (QED) is 0.659. The molecule has 26 heavy (non-hydrogen) atoms. The van der Waals surface area contributed by atoms with Crippen molar-refractivity contribution in [3.63, 3.8) is 0 Å². The fourth-order valence-corrected chi connectivity index (χ4v) is 2.52. The van der Waals surface area contributed by atoms with Gasteiger partial charge in [0.2, 0.25) is 0 Å². The number of carbonyl (C=O) groups is 3. The average molecular weight is 348 g/mol. The van der Waals surface area contributed by atoms with Crippen molar-refractivity contribution < 1.29 is 19.1 Å². The molecule has 0 aliphatic carbocycles. The highest BCUT2D eigenvalue weighted by molar-refractivity contribution is 6.52. The van der Waals surface area contributed by atoms with Crippen LogP contribution in [-0.2, 0) is 16.1 Å². The van der Waals surface area contributed by atoms with Crippen LogP contribution in [-0.4, -0.2) is 24.3 Å². The average Bonchev–Trinajstić information content (AvgIpc) is 2.94. The number of Topliss-reactive ketones (excluding diaryl/α,β-unsaturated/α-hetero) is 1. The van der Waals surface area contributed by atoms with E-state index in [0.29, 0.717) is 11.3 Å². The fourth-order valence-electron chi connectivity index (χ4n) is 2.52. The molecule has 1 aliphatic rings. The molecule has 2 aromatic rings. The Labute approximate surface area is 150 Å². The van der Waals surface area contributed by atoms with Crippen LogP contribution in [0, 0.1) is 18.8 Å². The molecule has 0 radical (unpaired) electrons. The van der Waals surface area contributed by atoms with Crippen molar-refractivity contribution in [3.8, 4) is 11.8 Å². The number of alkyl carbamates (subject to hydrolysis) is 1. The van der Waals surface area contributed by atoms with E-state index >= 15 is 0 Å². The fraction of sp³-hybridized carbons (Fsp3) is 0.150. The van der Waals surface area contributed by atoms with Gasteiger partial charge in [-0.3, -0.25) is 9.59 Å². The second kappa shape index (κ2) is 7.53. The van der Waals surface area contributed by atoms with E-state index < -0.39 is 17.8 Å². The lowest BCUT2D eigenvalue weighted by Crippen LogP contribution is -2.24. The van der Waals surface area contributed by atoms with Crippen LogP contribution in [0.25, 0.3) is 0 Å². The molecule has 0 saturated carbocycles. The van der Waals surface area contributed by atoms with Gasteiger partial charge < -0.3 is 15.4 Å². The van der Waals surface area contributed by atoms with Gasteiger partial charge in [-0.05, 0) is 24.1 Å². The van der Waals surface area contributed by atoms with Gasteiger partial charge in [0.15, 0.2) is 0 Å². The minimum atomic E-state index is -0.656. The summed E-state index contributed by atoms with van der Waals surface area (Å²) < 4.78 is 5.08. The van der Waals surface area contributed by atoms with Crippen molar-refractivity contribution in [3.05, 3.63) is 64.7 Å². The second-order valence-corrected chi connectivity index (χ2v) is 5.68. The molecule has 1 heterocycles. The molecule has 2 N–H and O–H groups in total. The van der Waals surface area contributed by atoms with E-state index in [1.165, 1.54) is 0 Å². The predicted molar refractivity (Wildman–Crippen MR) is 95.6 cm³/mol. The number of ketones is 1. The largest absolute Gasteiger partial charge is 0.445 e. The number of anilines is 1. The zero-order valence-corrected chi connectivity index (χ0v) is 14.1. The number of hydrogen-bond donors (Lipinski definition) is 2. The Morgan fingerprint density at radius 2 is 1.92 bits per heavy atom. The summed E-state index contributed by atoms with van der Waals surface area (Å²) in [5, 5.41) is 5.04. The normalized spacial score (nSPS) is 11.9. The molecule has 6 nitrogen and oxygen atoms in total. The first kappa shape index (κ1) is 17.2. The highest BCUT2D eigenvalue weighted by atomic mass is 16.5. The van der Waals surface area contributed by atoms with E-state index in [0.717, 1.165) is 11.1 Å². The Hall–Kier alpha value is -3.59. The van der Waals surface area contributed by atoms with Gasteiger partial charge in [0.05, 0.1) is 17.8 Å². The third-order valence-electron chi connectivity index (χ3n) is 3.84.